The molecule has 1 amide bonds. The van der Waals surface area contributed by atoms with Gasteiger partial charge in [-0.3, -0.25) is 14.0 Å². The summed E-state index contributed by atoms with van der Waals surface area (Å²) in [6.07, 6.45) is 1.60. The molecule has 0 N–H and O–H groups in total. The molecule has 0 radical (unpaired) electrons. The average molecular weight is 444 g/mol. The van der Waals surface area contributed by atoms with Crippen molar-refractivity contribution < 1.29 is 13.2 Å². The summed E-state index contributed by atoms with van der Waals surface area (Å²) in [6, 6.07) is 15.1. The van der Waals surface area contributed by atoms with E-state index in [1.807, 2.05) is 56.0 Å². The highest BCUT2D eigenvalue weighted by Gasteiger charge is 2.35. The van der Waals surface area contributed by atoms with E-state index in [1.54, 1.807) is 6.07 Å². The Morgan fingerprint density at radius 3 is 2.19 bits per heavy atom. The fraction of sp³-hybridized carbons (Fsp3) is 0.458. The van der Waals surface area contributed by atoms with E-state index >= 15 is 0 Å². The smallest absolute Gasteiger partial charge is 0.246 e. The molecule has 3 rings (SSSR count). The lowest BCUT2D eigenvalue weighted by molar-refractivity contribution is -0.134. The molecule has 0 saturated carbocycles. The molecule has 1 aliphatic rings. The molecule has 1 aliphatic heterocycles. The van der Waals surface area contributed by atoms with E-state index in [0.717, 1.165) is 30.8 Å². The van der Waals surface area contributed by atoms with Crippen LogP contribution in [0.15, 0.2) is 48.5 Å². The molecule has 7 heteroatoms. The van der Waals surface area contributed by atoms with Crippen LogP contribution in [0.1, 0.15) is 30.0 Å². The van der Waals surface area contributed by atoms with Gasteiger partial charge < -0.3 is 4.90 Å². The quantitative estimate of drug-likeness (QED) is 0.659. The van der Waals surface area contributed by atoms with Gasteiger partial charge in [-0.15, -0.1) is 0 Å². The van der Waals surface area contributed by atoms with Crippen molar-refractivity contribution in [3.8, 4) is 0 Å². The number of carbonyl (C=O) groups is 1. The molecule has 0 aromatic heterocycles. The molecule has 1 atom stereocenters. The number of aryl methyl sites for hydroxylation is 2. The standard InChI is InChI=1S/C24H33N3O3S/c1-5-23(27(31(4,29)30)22-12-11-19(2)20(3)17-22)24(28)26-15-13-25(14-16-26)18-21-9-7-6-8-10-21/h6-12,17,23H,5,13-16,18H2,1-4H3. The number of anilines is 1. The van der Waals surface area contributed by atoms with Gasteiger partial charge in [-0.1, -0.05) is 43.3 Å². The summed E-state index contributed by atoms with van der Waals surface area (Å²) in [5, 5.41) is 0. The van der Waals surface area contributed by atoms with E-state index in [-0.39, 0.29) is 5.91 Å². The van der Waals surface area contributed by atoms with Gasteiger partial charge in [0.1, 0.15) is 6.04 Å². The van der Waals surface area contributed by atoms with Crippen LogP contribution < -0.4 is 4.31 Å². The zero-order valence-corrected chi connectivity index (χ0v) is 19.7. The third kappa shape index (κ3) is 5.66. The maximum atomic E-state index is 13.4. The van der Waals surface area contributed by atoms with Crippen LogP contribution in [0, 0.1) is 13.8 Å². The number of sulfonamides is 1. The lowest BCUT2D eigenvalue weighted by Crippen LogP contribution is -2.55. The molecule has 168 valence electrons. The molecule has 2 aromatic rings. The summed E-state index contributed by atoms with van der Waals surface area (Å²) in [5.74, 6) is -0.120. The lowest BCUT2D eigenvalue weighted by atomic mass is 10.1. The molecule has 1 fully saturated rings. The van der Waals surface area contributed by atoms with Crippen LogP contribution in [0.2, 0.25) is 0 Å². The molecule has 0 bridgehead atoms. The second kappa shape index (κ2) is 9.83. The van der Waals surface area contributed by atoms with E-state index in [0.29, 0.717) is 25.2 Å². The van der Waals surface area contributed by atoms with Crippen LogP contribution in [0.4, 0.5) is 5.69 Å². The highest BCUT2D eigenvalue weighted by molar-refractivity contribution is 7.92. The second-order valence-corrected chi connectivity index (χ2v) is 10.2. The summed E-state index contributed by atoms with van der Waals surface area (Å²) in [7, 11) is -3.62. The lowest BCUT2D eigenvalue weighted by Gasteiger charge is -2.39. The number of hydrogen-bond donors (Lipinski definition) is 0. The van der Waals surface area contributed by atoms with Gasteiger partial charge in [0, 0.05) is 32.7 Å². The molecule has 2 aromatic carbocycles. The van der Waals surface area contributed by atoms with Crippen LogP contribution in [-0.4, -0.2) is 62.6 Å². The third-order valence-electron chi connectivity index (χ3n) is 5.99. The van der Waals surface area contributed by atoms with Crippen molar-refractivity contribution in [2.24, 2.45) is 0 Å². The third-order valence-corrected chi connectivity index (χ3v) is 7.17. The first-order chi connectivity index (χ1) is 14.7. The zero-order chi connectivity index (χ0) is 22.6. The van der Waals surface area contributed by atoms with Crippen LogP contribution in [0.3, 0.4) is 0 Å². The molecule has 1 saturated heterocycles. The molecule has 1 unspecified atom stereocenters. The normalized spacial score (nSPS) is 16.2. The first-order valence-corrected chi connectivity index (χ1v) is 12.7. The van der Waals surface area contributed by atoms with Crippen molar-refractivity contribution in [3.63, 3.8) is 0 Å². The summed E-state index contributed by atoms with van der Waals surface area (Å²) in [5.41, 5.74) is 3.90. The Bertz CT molecular complexity index is 1000. The minimum Gasteiger partial charge on any atom is -0.338 e. The monoisotopic (exact) mass is 443 g/mol. The van der Waals surface area contributed by atoms with Crippen LogP contribution in [0.25, 0.3) is 0 Å². The van der Waals surface area contributed by atoms with E-state index in [1.165, 1.54) is 16.1 Å². The summed E-state index contributed by atoms with van der Waals surface area (Å²) in [6.45, 7) is 9.43. The van der Waals surface area contributed by atoms with Gasteiger partial charge >= 0.3 is 0 Å². The van der Waals surface area contributed by atoms with Gasteiger partial charge in [0.25, 0.3) is 0 Å². The van der Waals surface area contributed by atoms with E-state index in [2.05, 4.69) is 17.0 Å². The van der Waals surface area contributed by atoms with E-state index < -0.39 is 16.1 Å². The Hall–Kier alpha value is -2.38. The van der Waals surface area contributed by atoms with Crippen molar-refractivity contribution in [3.05, 3.63) is 65.2 Å². The van der Waals surface area contributed by atoms with Gasteiger partial charge in [0.15, 0.2) is 0 Å². The Morgan fingerprint density at radius 1 is 1.00 bits per heavy atom. The van der Waals surface area contributed by atoms with Gasteiger partial charge in [-0.25, -0.2) is 8.42 Å². The summed E-state index contributed by atoms with van der Waals surface area (Å²) < 4.78 is 26.7. The maximum Gasteiger partial charge on any atom is 0.246 e. The van der Waals surface area contributed by atoms with Crippen molar-refractivity contribution in [2.45, 2.75) is 39.8 Å². The Labute approximate surface area is 186 Å². The molecular formula is C24H33N3O3S. The summed E-state index contributed by atoms with van der Waals surface area (Å²) >= 11 is 0. The van der Waals surface area contributed by atoms with E-state index in [4.69, 9.17) is 0 Å². The number of benzene rings is 2. The number of rotatable bonds is 7. The zero-order valence-electron chi connectivity index (χ0n) is 18.9. The fourth-order valence-electron chi connectivity index (χ4n) is 4.08. The maximum absolute atomic E-state index is 13.4. The van der Waals surface area contributed by atoms with Crippen molar-refractivity contribution in [1.82, 2.24) is 9.80 Å². The average Bonchev–Trinajstić information content (AvgIpc) is 2.74. The Kier molecular flexibility index (Phi) is 7.38. The number of carbonyl (C=O) groups excluding carboxylic acids is 1. The Balaban J connectivity index is 1.74. The molecule has 0 aliphatic carbocycles. The predicted molar refractivity (Wildman–Crippen MR) is 126 cm³/mol. The molecule has 31 heavy (non-hydrogen) atoms. The largest absolute Gasteiger partial charge is 0.338 e. The fourth-order valence-corrected chi connectivity index (χ4v) is 5.28. The molecule has 0 spiro atoms. The van der Waals surface area contributed by atoms with Gasteiger partial charge in [-0.05, 0) is 49.1 Å². The molecule has 6 nitrogen and oxygen atoms in total. The van der Waals surface area contributed by atoms with Gasteiger partial charge in [0.2, 0.25) is 15.9 Å². The van der Waals surface area contributed by atoms with Gasteiger partial charge in [0.05, 0.1) is 11.9 Å². The highest BCUT2D eigenvalue weighted by atomic mass is 32.2. The topological polar surface area (TPSA) is 60.9 Å². The van der Waals surface area contributed by atoms with Crippen LogP contribution in [0.5, 0.6) is 0 Å². The number of nitrogens with zero attached hydrogens (tertiary/aromatic N) is 3. The molecule has 1 heterocycles. The number of piperazine rings is 1. The molecular weight excluding hydrogens is 410 g/mol. The first-order valence-electron chi connectivity index (χ1n) is 10.8. The van der Waals surface area contributed by atoms with Crippen LogP contribution >= 0.6 is 0 Å². The van der Waals surface area contributed by atoms with E-state index in [9.17, 15) is 13.2 Å². The van der Waals surface area contributed by atoms with Crippen molar-refractivity contribution in [1.29, 1.82) is 0 Å². The summed E-state index contributed by atoms with van der Waals surface area (Å²) in [4.78, 5) is 17.6. The minimum absolute atomic E-state index is 0.120. The van der Waals surface area contributed by atoms with Gasteiger partial charge in [-0.2, -0.15) is 0 Å². The number of amides is 1. The Morgan fingerprint density at radius 2 is 1.65 bits per heavy atom. The minimum atomic E-state index is -3.62. The van der Waals surface area contributed by atoms with Crippen LogP contribution in [-0.2, 0) is 21.4 Å². The second-order valence-electron chi connectivity index (χ2n) is 8.34. The van der Waals surface area contributed by atoms with Crippen molar-refractivity contribution >= 4 is 21.6 Å². The highest BCUT2D eigenvalue weighted by Crippen LogP contribution is 2.26. The van der Waals surface area contributed by atoms with Crippen molar-refractivity contribution in [2.75, 3.05) is 36.7 Å². The first kappa shape index (κ1) is 23.3. The predicted octanol–water partition coefficient (Wildman–Crippen LogP) is 3.19. The number of hydrogen-bond acceptors (Lipinski definition) is 4. The SMILES string of the molecule is CCC(C(=O)N1CCN(Cc2ccccc2)CC1)N(c1ccc(C)c(C)c1)S(C)(=O)=O.